The van der Waals surface area contributed by atoms with Gasteiger partial charge in [-0.05, 0) is 48.9 Å². The summed E-state index contributed by atoms with van der Waals surface area (Å²) in [4.78, 5) is 4.61. The van der Waals surface area contributed by atoms with Crippen LogP contribution in [0.2, 0.25) is 0 Å². The largest absolute Gasteiger partial charge is 0.497 e. The van der Waals surface area contributed by atoms with Crippen LogP contribution in [0.5, 0.6) is 5.75 Å². The number of aryl methyl sites for hydroxylation is 1. The lowest BCUT2D eigenvalue weighted by Crippen LogP contribution is -1.99. The van der Waals surface area contributed by atoms with Gasteiger partial charge in [-0.25, -0.2) is 4.98 Å². The van der Waals surface area contributed by atoms with Gasteiger partial charge >= 0.3 is 0 Å². The molecule has 0 saturated carbocycles. The quantitative estimate of drug-likeness (QED) is 0.678. The van der Waals surface area contributed by atoms with Crippen molar-refractivity contribution in [1.29, 1.82) is 0 Å². The van der Waals surface area contributed by atoms with Crippen LogP contribution in [0.3, 0.4) is 0 Å². The Morgan fingerprint density at radius 1 is 1.15 bits per heavy atom. The number of fused-ring (bicyclic) bond motifs is 1. The predicted octanol–water partition coefficient (Wildman–Crippen LogP) is 4.08. The summed E-state index contributed by atoms with van der Waals surface area (Å²) < 4.78 is 7.28. The number of rotatable bonds is 3. The summed E-state index contributed by atoms with van der Waals surface area (Å²) in [6.07, 6.45) is 0. The van der Waals surface area contributed by atoms with E-state index in [1.165, 1.54) is 5.56 Å². The number of methoxy groups -OCH3 is 1. The average Bonchev–Trinajstić information content (AvgIpc) is 2.84. The minimum absolute atomic E-state index is 0.375. The Hall–Kier alpha value is -2.00. The van der Waals surface area contributed by atoms with Gasteiger partial charge in [-0.15, -0.1) is 11.6 Å². The zero-order chi connectivity index (χ0) is 14.1. The van der Waals surface area contributed by atoms with Gasteiger partial charge in [-0.3, -0.25) is 4.57 Å². The highest BCUT2D eigenvalue weighted by Gasteiger charge is 2.11. The van der Waals surface area contributed by atoms with Crippen LogP contribution >= 0.6 is 11.6 Å². The van der Waals surface area contributed by atoms with Crippen LogP contribution in [0.1, 0.15) is 11.4 Å². The van der Waals surface area contributed by atoms with E-state index >= 15 is 0 Å². The molecule has 3 aromatic rings. The summed E-state index contributed by atoms with van der Waals surface area (Å²) >= 11 is 6.04. The first-order valence-electron chi connectivity index (χ1n) is 6.41. The van der Waals surface area contributed by atoms with Gasteiger partial charge in [-0.1, -0.05) is 6.07 Å². The molecule has 1 aromatic heterocycles. The molecule has 0 aliphatic rings. The highest BCUT2D eigenvalue weighted by Crippen LogP contribution is 2.24. The first kappa shape index (κ1) is 13.0. The Kier molecular flexibility index (Phi) is 3.36. The number of ether oxygens (including phenoxy) is 1. The van der Waals surface area contributed by atoms with E-state index in [1.807, 2.05) is 24.3 Å². The number of hydrogen-bond acceptors (Lipinski definition) is 2. The van der Waals surface area contributed by atoms with E-state index in [-0.39, 0.29) is 0 Å². The molecule has 0 aliphatic heterocycles. The maximum Gasteiger partial charge on any atom is 0.129 e. The van der Waals surface area contributed by atoms with Crippen molar-refractivity contribution in [2.45, 2.75) is 12.8 Å². The van der Waals surface area contributed by atoms with Crippen LogP contribution in [0.4, 0.5) is 0 Å². The van der Waals surface area contributed by atoms with Gasteiger partial charge < -0.3 is 4.74 Å². The summed E-state index contributed by atoms with van der Waals surface area (Å²) in [5.41, 5.74) is 4.26. The second-order valence-corrected chi connectivity index (χ2v) is 4.95. The number of aromatic nitrogens is 2. The molecule has 3 nitrogen and oxygen atoms in total. The van der Waals surface area contributed by atoms with Crippen molar-refractivity contribution in [3.63, 3.8) is 0 Å². The molecule has 2 aromatic carbocycles. The Balaban J connectivity index is 2.22. The zero-order valence-electron chi connectivity index (χ0n) is 11.4. The van der Waals surface area contributed by atoms with Gasteiger partial charge in [0.05, 0.1) is 24.0 Å². The molecule has 0 fully saturated rings. The Morgan fingerprint density at radius 2 is 1.90 bits per heavy atom. The minimum atomic E-state index is 0.375. The van der Waals surface area contributed by atoms with Crippen LogP contribution in [0.15, 0.2) is 42.5 Å². The molecule has 0 amide bonds. The molecule has 0 bridgehead atoms. The molecule has 0 saturated heterocycles. The normalized spacial score (nSPS) is 10.9. The Labute approximate surface area is 122 Å². The first-order valence-corrected chi connectivity index (χ1v) is 6.95. The molecule has 4 heteroatoms. The molecule has 0 atom stereocenters. The molecule has 20 heavy (non-hydrogen) atoms. The summed E-state index contributed by atoms with van der Waals surface area (Å²) in [6, 6.07) is 14.1. The topological polar surface area (TPSA) is 27.1 Å². The van der Waals surface area contributed by atoms with E-state index in [0.29, 0.717) is 5.88 Å². The third-order valence-electron chi connectivity index (χ3n) is 3.33. The molecular weight excluding hydrogens is 272 g/mol. The third kappa shape index (κ3) is 2.14. The number of hydrogen-bond donors (Lipinski definition) is 0. The smallest absolute Gasteiger partial charge is 0.129 e. The number of nitrogens with zero attached hydrogens (tertiary/aromatic N) is 2. The third-order valence-corrected chi connectivity index (χ3v) is 3.57. The van der Waals surface area contributed by atoms with Gasteiger partial charge in [0.15, 0.2) is 0 Å². The first-order chi connectivity index (χ1) is 9.72. The summed E-state index contributed by atoms with van der Waals surface area (Å²) in [5.74, 6) is 2.05. The van der Waals surface area contributed by atoms with Crippen LogP contribution in [-0.4, -0.2) is 16.7 Å². The number of imidazole rings is 1. The van der Waals surface area contributed by atoms with Crippen molar-refractivity contribution in [3.05, 3.63) is 53.9 Å². The van der Waals surface area contributed by atoms with E-state index < -0.39 is 0 Å². The number of halogens is 1. The Bertz CT molecular complexity index is 747. The standard InChI is InChI=1S/C16H15ClN2O/c1-11-3-8-15-14(9-11)18-16(10-17)19(15)12-4-6-13(20-2)7-5-12/h3-9H,10H2,1-2H3. The van der Waals surface area contributed by atoms with Crippen molar-refractivity contribution in [3.8, 4) is 11.4 Å². The molecule has 0 aliphatic carbocycles. The molecule has 0 N–H and O–H groups in total. The lowest BCUT2D eigenvalue weighted by molar-refractivity contribution is 0.414. The SMILES string of the molecule is COc1ccc(-n2c(CCl)nc3cc(C)ccc32)cc1. The van der Waals surface area contributed by atoms with Crippen LogP contribution < -0.4 is 4.74 Å². The molecule has 0 radical (unpaired) electrons. The fourth-order valence-electron chi connectivity index (χ4n) is 2.35. The number of benzene rings is 2. The maximum absolute atomic E-state index is 6.04. The molecule has 1 heterocycles. The summed E-state index contributed by atoms with van der Waals surface area (Å²) in [6.45, 7) is 2.06. The lowest BCUT2D eigenvalue weighted by atomic mass is 10.2. The monoisotopic (exact) mass is 286 g/mol. The van der Waals surface area contributed by atoms with Crippen molar-refractivity contribution in [1.82, 2.24) is 9.55 Å². The molecule has 0 spiro atoms. The van der Waals surface area contributed by atoms with E-state index in [4.69, 9.17) is 16.3 Å². The van der Waals surface area contributed by atoms with Crippen LogP contribution in [0.25, 0.3) is 16.7 Å². The molecule has 102 valence electrons. The van der Waals surface area contributed by atoms with Gasteiger partial charge in [0.1, 0.15) is 11.6 Å². The van der Waals surface area contributed by atoms with Crippen molar-refractivity contribution < 1.29 is 4.74 Å². The van der Waals surface area contributed by atoms with E-state index in [2.05, 4.69) is 34.7 Å². The van der Waals surface area contributed by atoms with Crippen molar-refractivity contribution >= 4 is 22.6 Å². The van der Waals surface area contributed by atoms with Gasteiger partial charge in [-0.2, -0.15) is 0 Å². The van der Waals surface area contributed by atoms with E-state index in [0.717, 1.165) is 28.3 Å². The van der Waals surface area contributed by atoms with Crippen molar-refractivity contribution in [2.75, 3.05) is 7.11 Å². The van der Waals surface area contributed by atoms with Gasteiger partial charge in [0.2, 0.25) is 0 Å². The molecular formula is C16H15ClN2O. The van der Waals surface area contributed by atoms with E-state index in [9.17, 15) is 0 Å². The molecule has 3 rings (SSSR count). The highest BCUT2D eigenvalue weighted by molar-refractivity contribution is 6.17. The number of alkyl halides is 1. The fraction of sp³-hybridized carbons (Fsp3) is 0.188. The highest BCUT2D eigenvalue weighted by atomic mass is 35.5. The van der Waals surface area contributed by atoms with Gasteiger partial charge in [0, 0.05) is 5.69 Å². The summed E-state index contributed by atoms with van der Waals surface area (Å²) in [7, 11) is 1.66. The zero-order valence-corrected chi connectivity index (χ0v) is 12.2. The van der Waals surface area contributed by atoms with E-state index in [1.54, 1.807) is 7.11 Å². The fourth-order valence-corrected chi connectivity index (χ4v) is 2.53. The van der Waals surface area contributed by atoms with Crippen LogP contribution in [-0.2, 0) is 5.88 Å². The predicted molar refractivity (Wildman–Crippen MR) is 81.9 cm³/mol. The van der Waals surface area contributed by atoms with Gasteiger partial charge in [0.25, 0.3) is 0 Å². The average molecular weight is 287 g/mol. The minimum Gasteiger partial charge on any atom is -0.497 e. The van der Waals surface area contributed by atoms with Crippen LogP contribution in [0, 0.1) is 6.92 Å². The lowest BCUT2D eigenvalue weighted by Gasteiger charge is -2.08. The van der Waals surface area contributed by atoms with Crippen molar-refractivity contribution in [2.24, 2.45) is 0 Å². The maximum atomic E-state index is 6.04. The molecule has 0 unspecified atom stereocenters. The Morgan fingerprint density at radius 3 is 2.55 bits per heavy atom. The summed E-state index contributed by atoms with van der Waals surface area (Å²) in [5, 5.41) is 0. The second kappa shape index (κ2) is 5.17. The second-order valence-electron chi connectivity index (χ2n) is 4.69.